The maximum Gasteiger partial charge on any atom is 0.310 e. The monoisotopic (exact) mass is 360 g/mol. The number of rotatable bonds is 3. The van der Waals surface area contributed by atoms with Crippen LogP contribution in [0.5, 0.6) is 5.75 Å². The van der Waals surface area contributed by atoms with Gasteiger partial charge in [0.05, 0.1) is 17.4 Å². The highest BCUT2D eigenvalue weighted by Gasteiger charge is 2.32. The zero-order valence-corrected chi connectivity index (χ0v) is 14.8. The summed E-state index contributed by atoms with van der Waals surface area (Å²) in [6.45, 7) is 3.49. The number of amides is 1. The number of carbonyl (C=O) groups is 2. The van der Waals surface area contributed by atoms with E-state index in [9.17, 15) is 14.7 Å². The second-order valence-electron chi connectivity index (χ2n) is 5.94. The maximum atomic E-state index is 12.2. The van der Waals surface area contributed by atoms with E-state index < -0.39 is 0 Å². The number of esters is 1. The molecule has 1 aromatic rings. The predicted octanol–water partition coefficient (Wildman–Crippen LogP) is 2.64. The Bertz CT molecular complexity index is 727. The van der Waals surface area contributed by atoms with Gasteiger partial charge in [-0.3, -0.25) is 9.59 Å². The Hall–Kier alpha value is -2.28. The molecule has 1 saturated heterocycles. The van der Waals surface area contributed by atoms with Crippen LogP contribution in [0.1, 0.15) is 25.3 Å². The van der Waals surface area contributed by atoms with E-state index in [0.29, 0.717) is 23.2 Å². The summed E-state index contributed by atoms with van der Waals surface area (Å²) in [4.78, 5) is 30.8. The Kier molecular flexibility index (Phi) is 5.43. The van der Waals surface area contributed by atoms with E-state index >= 15 is 0 Å². The van der Waals surface area contributed by atoms with Gasteiger partial charge in [0.25, 0.3) is 5.91 Å². The number of thioether (sulfide) groups is 1. The predicted molar refractivity (Wildman–Crippen MR) is 97.0 cm³/mol. The van der Waals surface area contributed by atoms with Gasteiger partial charge in [-0.25, -0.2) is 0 Å². The molecule has 3 rings (SSSR count). The number of carbonyl (C=O) groups excluding carboxylic acids is 2. The Labute approximate surface area is 150 Å². The molecular formula is C18H20N2O4S. The average molecular weight is 360 g/mol. The Morgan fingerprint density at radius 3 is 2.92 bits per heavy atom. The molecule has 1 atom stereocenters. The fourth-order valence-corrected chi connectivity index (χ4v) is 3.81. The molecule has 2 heterocycles. The van der Waals surface area contributed by atoms with E-state index in [1.165, 1.54) is 11.8 Å². The normalized spacial score (nSPS) is 22.2. The van der Waals surface area contributed by atoms with Gasteiger partial charge in [-0.05, 0) is 55.3 Å². The summed E-state index contributed by atoms with van der Waals surface area (Å²) in [5.74, 6) is -0.437. The number of aliphatic imine (C=N–C) groups is 1. The van der Waals surface area contributed by atoms with Crippen molar-refractivity contribution in [3.63, 3.8) is 0 Å². The minimum absolute atomic E-state index is 0.169. The summed E-state index contributed by atoms with van der Waals surface area (Å²) in [6.07, 6.45) is 3.43. The fraction of sp³-hybridized carbons (Fsp3) is 0.389. The third kappa shape index (κ3) is 4.22. The molecule has 1 amide bonds. The molecule has 0 saturated carbocycles. The summed E-state index contributed by atoms with van der Waals surface area (Å²) < 4.78 is 5.11. The topological polar surface area (TPSA) is 79.2 Å². The SMILES string of the molecule is CCOC(=O)C1CCCN(C2=NC(=O)/C(=C\c3ccc(O)cc3)S2)C1. The number of nitrogens with zero attached hydrogens (tertiary/aromatic N) is 2. The first kappa shape index (κ1) is 17.5. The van der Waals surface area contributed by atoms with E-state index in [0.717, 1.165) is 24.9 Å². The van der Waals surface area contributed by atoms with Crippen LogP contribution in [0.3, 0.4) is 0 Å². The second-order valence-corrected chi connectivity index (χ2v) is 6.95. The van der Waals surface area contributed by atoms with Crippen LogP contribution in [0.15, 0.2) is 34.2 Å². The van der Waals surface area contributed by atoms with Gasteiger partial charge in [0.2, 0.25) is 0 Å². The summed E-state index contributed by atoms with van der Waals surface area (Å²) in [7, 11) is 0. The van der Waals surface area contributed by atoms with Crippen molar-refractivity contribution in [3.05, 3.63) is 34.7 Å². The van der Waals surface area contributed by atoms with Gasteiger partial charge in [0, 0.05) is 13.1 Å². The zero-order chi connectivity index (χ0) is 17.8. The number of benzene rings is 1. The number of hydrogen-bond donors (Lipinski definition) is 1. The lowest BCUT2D eigenvalue weighted by atomic mass is 9.99. The molecule has 1 unspecified atom stereocenters. The number of hydrogen-bond acceptors (Lipinski definition) is 6. The van der Waals surface area contributed by atoms with Crippen LogP contribution >= 0.6 is 11.8 Å². The van der Waals surface area contributed by atoms with E-state index in [-0.39, 0.29) is 23.5 Å². The average Bonchev–Trinajstić information content (AvgIpc) is 2.98. The van der Waals surface area contributed by atoms with Gasteiger partial charge in [0.1, 0.15) is 5.75 Å². The first-order valence-corrected chi connectivity index (χ1v) is 9.11. The van der Waals surface area contributed by atoms with Crippen molar-refractivity contribution in [2.75, 3.05) is 19.7 Å². The number of amidine groups is 1. The zero-order valence-electron chi connectivity index (χ0n) is 14.0. The van der Waals surface area contributed by atoms with Gasteiger partial charge in [-0.1, -0.05) is 12.1 Å². The summed E-state index contributed by atoms with van der Waals surface area (Å²) in [6, 6.07) is 6.64. The fourth-order valence-electron chi connectivity index (χ4n) is 2.86. The number of piperidine rings is 1. The Morgan fingerprint density at radius 2 is 2.20 bits per heavy atom. The van der Waals surface area contributed by atoms with Crippen molar-refractivity contribution in [2.24, 2.45) is 10.9 Å². The molecule has 0 aromatic heterocycles. The molecular weight excluding hydrogens is 340 g/mol. The highest BCUT2D eigenvalue weighted by atomic mass is 32.2. The molecule has 0 radical (unpaired) electrons. The molecule has 0 spiro atoms. The van der Waals surface area contributed by atoms with Crippen LogP contribution in [0.2, 0.25) is 0 Å². The molecule has 6 nitrogen and oxygen atoms in total. The van der Waals surface area contributed by atoms with Gasteiger partial charge in [0.15, 0.2) is 5.17 Å². The largest absolute Gasteiger partial charge is 0.508 e. The van der Waals surface area contributed by atoms with Crippen LogP contribution < -0.4 is 0 Å². The van der Waals surface area contributed by atoms with Crippen LogP contribution in [-0.4, -0.2) is 46.7 Å². The van der Waals surface area contributed by atoms with Gasteiger partial charge in [-0.15, -0.1) is 0 Å². The number of phenols is 1. The quantitative estimate of drug-likeness (QED) is 0.659. The first-order chi connectivity index (χ1) is 12.1. The molecule has 2 aliphatic heterocycles. The molecule has 25 heavy (non-hydrogen) atoms. The van der Waals surface area contributed by atoms with Crippen molar-refractivity contribution in [2.45, 2.75) is 19.8 Å². The van der Waals surface area contributed by atoms with Crippen molar-refractivity contribution in [1.29, 1.82) is 0 Å². The highest BCUT2D eigenvalue weighted by molar-refractivity contribution is 8.18. The van der Waals surface area contributed by atoms with Gasteiger partial charge in [-0.2, -0.15) is 4.99 Å². The van der Waals surface area contributed by atoms with Crippen molar-refractivity contribution < 1.29 is 19.4 Å². The molecule has 1 aromatic carbocycles. The second kappa shape index (κ2) is 7.74. The van der Waals surface area contributed by atoms with Gasteiger partial charge >= 0.3 is 5.97 Å². The molecule has 0 aliphatic carbocycles. The van der Waals surface area contributed by atoms with E-state index in [1.54, 1.807) is 37.3 Å². The maximum absolute atomic E-state index is 12.2. The molecule has 1 N–H and O–H groups in total. The third-order valence-corrected chi connectivity index (χ3v) is 5.16. The minimum Gasteiger partial charge on any atom is -0.508 e. The van der Waals surface area contributed by atoms with Crippen molar-refractivity contribution >= 4 is 34.9 Å². The third-order valence-electron chi connectivity index (χ3n) is 4.11. The van der Waals surface area contributed by atoms with Crippen LogP contribution in [0.25, 0.3) is 6.08 Å². The number of ether oxygens (including phenoxy) is 1. The highest BCUT2D eigenvalue weighted by Crippen LogP contribution is 2.32. The number of aromatic hydroxyl groups is 1. The molecule has 132 valence electrons. The lowest BCUT2D eigenvalue weighted by molar-refractivity contribution is -0.149. The smallest absolute Gasteiger partial charge is 0.310 e. The van der Waals surface area contributed by atoms with Crippen LogP contribution in [-0.2, 0) is 14.3 Å². The van der Waals surface area contributed by atoms with Crippen LogP contribution in [0.4, 0.5) is 0 Å². The molecule has 7 heteroatoms. The van der Waals surface area contributed by atoms with Gasteiger partial charge < -0.3 is 14.7 Å². The van der Waals surface area contributed by atoms with E-state index in [4.69, 9.17) is 4.74 Å². The minimum atomic E-state index is -0.272. The lowest BCUT2D eigenvalue weighted by Crippen LogP contribution is -2.41. The van der Waals surface area contributed by atoms with E-state index in [1.807, 2.05) is 4.90 Å². The summed E-state index contributed by atoms with van der Waals surface area (Å²) in [5, 5.41) is 9.97. The lowest BCUT2D eigenvalue weighted by Gasteiger charge is -2.32. The van der Waals surface area contributed by atoms with Crippen LogP contribution in [0, 0.1) is 5.92 Å². The first-order valence-electron chi connectivity index (χ1n) is 8.30. The summed E-state index contributed by atoms with van der Waals surface area (Å²) in [5.41, 5.74) is 0.827. The van der Waals surface area contributed by atoms with E-state index in [2.05, 4.69) is 4.99 Å². The Morgan fingerprint density at radius 1 is 1.44 bits per heavy atom. The van der Waals surface area contributed by atoms with Crippen molar-refractivity contribution in [3.8, 4) is 5.75 Å². The molecule has 1 fully saturated rings. The summed E-state index contributed by atoms with van der Waals surface area (Å²) >= 11 is 1.32. The Balaban J connectivity index is 1.68. The van der Waals surface area contributed by atoms with Crippen molar-refractivity contribution in [1.82, 2.24) is 4.90 Å². The standard InChI is InChI=1S/C18H20N2O4S/c1-2-24-17(23)13-4-3-9-20(11-13)18-19-16(22)15(25-18)10-12-5-7-14(21)8-6-12/h5-8,10,13,21H,2-4,9,11H2,1H3/b15-10+. The number of likely N-dealkylation sites (tertiary alicyclic amines) is 1. The number of phenolic OH excluding ortho intramolecular Hbond substituents is 1. The molecule has 0 bridgehead atoms. The molecule has 2 aliphatic rings.